The zero-order chi connectivity index (χ0) is 15.8. The van der Waals surface area contributed by atoms with Gasteiger partial charge in [0.1, 0.15) is 5.82 Å². The molecule has 6 heteroatoms. The van der Waals surface area contributed by atoms with E-state index in [0.29, 0.717) is 9.75 Å². The van der Waals surface area contributed by atoms with Gasteiger partial charge in [-0.25, -0.2) is 4.39 Å². The highest BCUT2D eigenvalue weighted by Crippen LogP contribution is 2.36. The normalized spacial score (nSPS) is 12.0. The van der Waals surface area contributed by atoms with Gasteiger partial charge in [-0.15, -0.1) is 11.3 Å². The second-order valence-corrected chi connectivity index (χ2v) is 5.96. The lowest BCUT2D eigenvalue weighted by Crippen LogP contribution is -2.07. The molecule has 0 fully saturated rings. The molecule has 0 N–H and O–H groups in total. The van der Waals surface area contributed by atoms with E-state index in [4.69, 9.17) is 0 Å². The molecule has 0 amide bonds. The first-order valence-electron chi connectivity index (χ1n) is 6.21. The Bertz CT molecular complexity index is 671. The lowest BCUT2D eigenvalue weighted by atomic mass is 10.1. The van der Waals surface area contributed by atoms with Gasteiger partial charge in [-0.3, -0.25) is 4.79 Å². The molecule has 112 valence electrons. The largest absolute Gasteiger partial charge is 0.419 e. The number of halogens is 4. The number of Topliss-reactive ketones (excluding diaryl/α,β-unsaturated/α-hetero) is 1. The van der Waals surface area contributed by atoms with Crippen molar-refractivity contribution in [3.05, 3.63) is 46.6 Å². The van der Waals surface area contributed by atoms with Crippen LogP contribution in [0, 0.1) is 11.7 Å². The molecule has 1 aromatic heterocycles. The summed E-state index contributed by atoms with van der Waals surface area (Å²) in [5.74, 6) is -1.55. The van der Waals surface area contributed by atoms with Gasteiger partial charge in [0.15, 0.2) is 5.78 Å². The van der Waals surface area contributed by atoms with E-state index in [0.717, 1.165) is 23.5 Å². The lowest BCUT2D eigenvalue weighted by molar-refractivity contribution is -0.139. The van der Waals surface area contributed by atoms with Crippen LogP contribution < -0.4 is 0 Å². The van der Waals surface area contributed by atoms with Gasteiger partial charge < -0.3 is 0 Å². The maximum absolute atomic E-state index is 13.2. The zero-order valence-electron chi connectivity index (χ0n) is 11.3. The molecule has 2 aromatic rings. The molecule has 0 saturated heterocycles. The molecule has 1 heterocycles. The fraction of sp³-hybridized carbons (Fsp3) is 0.267. The summed E-state index contributed by atoms with van der Waals surface area (Å²) < 4.78 is 51.3. The molecule has 0 atom stereocenters. The van der Waals surface area contributed by atoms with Gasteiger partial charge in [0.05, 0.1) is 10.4 Å². The quantitative estimate of drug-likeness (QED) is 0.546. The number of hydrogen-bond acceptors (Lipinski definition) is 2. The number of hydrogen-bond donors (Lipinski definition) is 0. The molecule has 0 aliphatic carbocycles. The zero-order valence-corrected chi connectivity index (χ0v) is 12.1. The van der Waals surface area contributed by atoms with Crippen molar-refractivity contribution in [1.82, 2.24) is 0 Å². The molecule has 0 unspecified atom stereocenters. The van der Waals surface area contributed by atoms with Crippen LogP contribution in [-0.4, -0.2) is 5.78 Å². The van der Waals surface area contributed by atoms with Crippen LogP contribution in [0.1, 0.15) is 29.1 Å². The lowest BCUT2D eigenvalue weighted by Gasteiger charge is -2.09. The molecule has 0 aliphatic heterocycles. The summed E-state index contributed by atoms with van der Waals surface area (Å²) in [6, 6.07) is 6.00. The van der Waals surface area contributed by atoms with Crippen molar-refractivity contribution in [1.29, 1.82) is 0 Å². The molecule has 1 aromatic carbocycles. The maximum atomic E-state index is 13.2. The minimum absolute atomic E-state index is 0.0654. The van der Waals surface area contributed by atoms with Crippen LogP contribution in [0.2, 0.25) is 0 Å². The Labute approximate surface area is 123 Å². The first kappa shape index (κ1) is 15.7. The molecule has 0 radical (unpaired) electrons. The van der Waals surface area contributed by atoms with E-state index in [9.17, 15) is 22.4 Å². The highest BCUT2D eigenvalue weighted by molar-refractivity contribution is 7.17. The average Bonchev–Trinajstić information content (AvgIpc) is 2.86. The van der Waals surface area contributed by atoms with Crippen molar-refractivity contribution < 1.29 is 22.4 Å². The summed E-state index contributed by atoms with van der Waals surface area (Å²) >= 11 is 1.11. The third kappa shape index (κ3) is 3.32. The Kier molecular flexibility index (Phi) is 4.18. The second-order valence-electron chi connectivity index (χ2n) is 4.88. The molecule has 0 bridgehead atoms. The molecule has 1 nitrogen and oxygen atoms in total. The van der Waals surface area contributed by atoms with Gasteiger partial charge in [0, 0.05) is 10.8 Å². The molecular weight excluding hydrogens is 304 g/mol. The van der Waals surface area contributed by atoms with E-state index < -0.39 is 17.6 Å². The first-order chi connectivity index (χ1) is 9.70. The monoisotopic (exact) mass is 316 g/mol. The third-order valence-electron chi connectivity index (χ3n) is 2.93. The number of ketones is 1. The van der Waals surface area contributed by atoms with E-state index in [1.807, 2.05) is 0 Å². The van der Waals surface area contributed by atoms with Crippen LogP contribution in [0.3, 0.4) is 0 Å². The van der Waals surface area contributed by atoms with Crippen molar-refractivity contribution in [2.75, 3.05) is 0 Å². The predicted octanol–water partition coefficient (Wildman–Crippen LogP) is 5.41. The summed E-state index contributed by atoms with van der Waals surface area (Å²) in [5.41, 5.74) is -1.05. The molecule has 0 aliphatic rings. The molecule has 0 saturated carbocycles. The topological polar surface area (TPSA) is 17.1 Å². The fourth-order valence-electron chi connectivity index (χ4n) is 1.81. The van der Waals surface area contributed by atoms with Gasteiger partial charge in [0.25, 0.3) is 0 Å². The molecular formula is C15H12F4OS. The first-order valence-corrected chi connectivity index (χ1v) is 7.03. The van der Waals surface area contributed by atoms with Crippen LogP contribution >= 0.6 is 11.3 Å². The van der Waals surface area contributed by atoms with Crippen LogP contribution in [0.5, 0.6) is 0 Å². The van der Waals surface area contributed by atoms with Crippen molar-refractivity contribution in [2.24, 2.45) is 5.92 Å². The summed E-state index contributed by atoms with van der Waals surface area (Å²) in [6.07, 6.45) is -4.74. The van der Waals surface area contributed by atoms with Crippen LogP contribution in [0.25, 0.3) is 10.4 Å². The predicted molar refractivity (Wildman–Crippen MR) is 73.9 cm³/mol. The van der Waals surface area contributed by atoms with Gasteiger partial charge >= 0.3 is 6.18 Å². The Hall–Kier alpha value is -1.69. The number of carbonyl (C=O) groups is 1. The number of carbonyl (C=O) groups excluding carboxylic acids is 1. The second kappa shape index (κ2) is 5.60. The van der Waals surface area contributed by atoms with Gasteiger partial charge in [-0.1, -0.05) is 19.9 Å². The van der Waals surface area contributed by atoms with Gasteiger partial charge in [0.2, 0.25) is 0 Å². The van der Waals surface area contributed by atoms with Crippen LogP contribution in [0.4, 0.5) is 17.6 Å². The number of alkyl halides is 3. The standard InChI is InChI=1S/C15H12F4OS/c1-8(2)14(20)13-6-5-12(21-13)9-3-4-11(16)10(7-9)15(17,18)19/h3-8H,1-2H3. The summed E-state index contributed by atoms with van der Waals surface area (Å²) in [7, 11) is 0. The van der Waals surface area contributed by atoms with Gasteiger partial charge in [-0.05, 0) is 29.8 Å². The van der Waals surface area contributed by atoms with Crippen molar-refractivity contribution in [3.8, 4) is 10.4 Å². The third-order valence-corrected chi connectivity index (χ3v) is 4.08. The van der Waals surface area contributed by atoms with Crippen LogP contribution in [0.15, 0.2) is 30.3 Å². The highest BCUT2D eigenvalue weighted by atomic mass is 32.1. The Morgan fingerprint density at radius 1 is 1.14 bits per heavy atom. The SMILES string of the molecule is CC(C)C(=O)c1ccc(-c2ccc(F)c(C(F)(F)F)c2)s1. The number of thiophene rings is 1. The fourth-order valence-corrected chi connectivity index (χ4v) is 2.90. The van der Waals surface area contributed by atoms with E-state index in [2.05, 4.69) is 0 Å². The van der Waals surface area contributed by atoms with Crippen LogP contribution in [-0.2, 0) is 6.18 Å². The highest BCUT2D eigenvalue weighted by Gasteiger charge is 2.34. The van der Waals surface area contributed by atoms with E-state index in [-0.39, 0.29) is 17.3 Å². The Morgan fingerprint density at radius 2 is 1.81 bits per heavy atom. The number of rotatable bonds is 3. The molecule has 0 spiro atoms. The van der Waals surface area contributed by atoms with Crippen molar-refractivity contribution >= 4 is 17.1 Å². The van der Waals surface area contributed by atoms with Crippen molar-refractivity contribution in [3.63, 3.8) is 0 Å². The molecule has 21 heavy (non-hydrogen) atoms. The van der Waals surface area contributed by atoms with E-state index in [1.54, 1.807) is 26.0 Å². The maximum Gasteiger partial charge on any atom is 0.419 e. The Balaban J connectivity index is 2.42. The van der Waals surface area contributed by atoms with E-state index >= 15 is 0 Å². The minimum Gasteiger partial charge on any atom is -0.293 e. The van der Waals surface area contributed by atoms with Crippen molar-refractivity contribution in [2.45, 2.75) is 20.0 Å². The molecule has 2 rings (SSSR count). The summed E-state index contributed by atoms with van der Waals surface area (Å²) in [6.45, 7) is 3.50. The minimum atomic E-state index is -4.74. The van der Waals surface area contributed by atoms with Gasteiger partial charge in [-0.2, -0.15) is 13.2 Å². The Morgan fingerprint density at radius 3 is 2.38 bits per heavy atom. The number of benzene rings is 1. The van der Waals surface area contributed by atoms with E-state index in [1.165, 1.54) is 6.07 Å². The summed E-state index contributed by atoms with van der Waals surface area (Å²) in [4.78, 5) is 12.8. The average molecular weight is 316 g/mol. The smallest absolute Gasteiger partial charge is 0.293 e. The summed E-state index contributed by atoms with van der Waals surface area (Å²) in [5, 5.41) is 0.